The van der Waals surface area contributed by atoms with Crippen LogP contribution in [0.3, 0.4) is 0 Å². The Hall–Kier alpha value is -0.740. The Morgan fingerprint density at radius 2 is 1.80 bits per heavy atom. The Morgan fingerprint density at radius 1 is 1.20 bits per heavy atom. The minimum absolute atomic E-state index is 0.202. The van der Waals surface area contributed by atoms with Gasteiger partial charge in [-0.1, -0.05) is 0 Å². The summed E-state index contributed by atoms with van der Waals surface area (Å²) in [7, 11) is -3.60. The summed E-state index contributed by atoms with van der Waals surface area (Å²) in [6.07, 6.45) is 0. The van der Waals surface area contributed by atoms with Gasteiger partial charge in [0, 0.05) is 39.3 Å². The van der Waals surface area contributed by atoms with Crippen LogP contribution in [-0.4, -0.2) is 82.1 Å². The quantitative estimate of drug-likeness (QED) is 0.625. The summed E-state index contributed by atoms with van der Waals surface area (Å²) in [5.41, 5.74) is 0. The van der Waals surface area contributed by atoms with Crippen molar-refractivity contribution in [3.8, 4) is 0 Å². The van der Waals surface area contributed by atoms with Gasteiger partial charge < -0.3 is 15.0 Å². The summed E-state index contributed by atoms with van der Waals surface area (Å²) in [5.74, 6) is -0.202. The number of morpholine rings is 1. The van der Waals surface area contributed by atoms with Crippen molar-refractivity contribution in [1.82, 2.24) is 19.2 Å². The topological polar surface area (TPSA) is 91.0 Å². The summed E-state index contributed by atoms with van der Waals surface area (Å²) in [4.78, 5) is 13.8. The molecule has 9 heteroatoms. The smallest absolute Gasteiger partial charge is 0.280 e. The average molecular weight is 306 g/mol. The Labute approximate surface area is 119 Å². The van der Waals surface area contributed by atoms with E-state index in [2.05, 4.69) is 10.0 Å². The highest BCUT2D eigenvalue weighted by Crippen LogP contribution is 2.05. The zero-order chi connectivity index (χ0) is 14.6. The second kappa shape index (κ2) is 6.81. The lowest BCUT2D eigenvalue weighted by atomic mass is 10.3. The molecule has 2 rings (SSSR count). The van der Waals surface area contributed by atoms with Crippen LogP contribution in [0.15, 0.2) is 0 Å². The molecule has 0 aromatic rings. The molecule has 2 heterocycles. The van der Waals surface area contributed by atoms with E-state index >= 15 is 0 Å². The molecule has 1 unspecified atom stereocenters. The molecule has 2 aliphatic rings. The summed E-state index contributed by atoms with van der Waals surface area (Å²) in [6, 6.07) is -0.756. The molecular weight excluding hydrogens is 284 g/mol. The van der Waals surface area contributed by atoms with E-state index < -0.39 is 16.3 Å². The number of rotatable bonds is 4. The first kappa shape index (κ1) is 15.6. The van der Waals surface area contributed by atoms with E-state index in [4.69, 9.17) is 4.74 Å². The van der Waals surface area contributed by atoms with Crippen molar-refractivity contribution in [1.29, 1.82) is 0 Å². The first-order valence-corrected chi connectivity index (χ1v) is 8.29. The SMILES string of the molecule is CC(NS(=O)(=O)N1CCNCC1)C(=O)N1CCOCC1. The fourth-order valence-electron chi connectivity index (χ4n) is 2.29. The summed E-state index contributed by atoms with van der Waals surface area (Å²) < 4.78 is 33.4. The first-order valence-electron chi connectivity index (χ1n) is 6.85. The fourth-order valence-corrected chi connectivity index (χ4v) is 3.65. The third-order valence-corrected chi connectivity index (χ3v) is 5.13. The Kier molecular flexibility index (Phi) is 5.33. The van der Waals surface area contributed by atoms with Gasteiger partial charge in [0.2, 0.25) is 5.91 Å². The number of piperazine rings is 1. The maximum atomic E-state index is 12.2. The molecule has 0 radical (unpaired) electrons. The van der Waals surface area contributed by atoms with E-state index in [1.807, 2.05) is 0 Å². The van der Waals surface area contributed by atoms with Gasteiger partial charge >= 0.3 is 0 Å². The minimum atomic E-state index is -3.60. The molecule has 2 aliphatic heterocycles. The number of amides is 1. The van der Waals surface area contributed by atoms with Gasteiger partial charge in [-0.2, -0.15) is 17.4 Å². The van der Waals surface area contributed by atoms with Crippen LogP contribution in [0.5, 0.6) is 0 Å². The van der Waals surface area contributed by atoms with Crippen molar-refractivity contribution in [3.05, 3.63) is 0 Å². The van der Waals surface area contributed by atoms with Crippen molar-refractivity contribution >= 4 is 16.1 Å². The lowest BCUT2D eigenvalue weighted by molar-refractivity contribution is -0.136. The van der Waals surface area contributed by atoms with Gasteiger partial charge in [-0.15, -0.1) is 0 Å². The van der Waals surface area contributed by atoms with E-state index in [1.165, 1.54) is 4.31 Å². The zero-order valence-corrected chi connectivity index (χ0v) is 12.5. The molecule has 0 aromatic carbocycles. The highest BCUT2D eigenvalue weighted by molar-refractivity contribution is 7.87. The number of nitrogens with zero attached hydrogens (tertiary/aromatic N) is 2. The van der Waals surface area contributed by atoms with Gasteiger partial charge in [0.15, 0.2) is 0 Å². The highest BCUT2D eigenvalue weighted by Gasteiger charge is 2.30. The third-order valence-electron chi connectivity index (χ3n) is 3.43. The molecule has 8 nitrogen and oxygen atoms in total. The van der Waals surface area contributed by atoms with Crippen LogP contribution in [0.4, 0.5) is 0 Å². The summed E-state index contributed by atoms with van der Waals surface area (Å²) >= 11 is 0. The van der Waals surface area contributed by atoms with Crippen molar-refractivity contribution in [3.63, 3.8) is 0 Å². The van der Waals surface area contributed by atoms with Gasteiger partial charge in [-0.3, -0.25) is 4.79 Å². The fraction of sp³-hybridized carbons (Fsp3) is 0.909. The van der Waals surface area contributed by atoms with Crippen LogP contribution in [0.25, 0.3) is 0 Å². The molecule has 0 bridgehead atoms. The van der Waals surface area contributed by atoms with Gasteiger partial charge in [0.05, 0.1) is 19.3 Å². The van der Waals surface area contributed by atoms with E-state index in [-0.39, 0.29) is 5.91 Å². The molecule has 116 valence electrons. The van der Waals surface area contributed by atoms with E-state index in [9.17, 15) is 13.2 Å². The van der Waals surface area contributed by atoms with Gasteiger partial charge in [-0.25, -0.2) is 0 Å². The standard InChI is InChI=1S/C11H22N4O4S/c1-10(11(16)14-6-8-19-9-7-14)13-20(17,18)15-4-2-12-3-5-15/h10,12-13H,2-9H2,1H3. The van der Waals surface area contributed by atoms with Gasteiger partial charge in [0.1, 0.15) is 0 Å². The minimum Gasteiger partial charge on any atom is -0.378 e. The molecule has 0 saturated carbocycles. The number of nitrogens with one attached hydrogen (secondary N) is 2. The van der Waals surface area contributed by atoms with Crippen LogP contribution < -0.4 is 10.0 Å². The molecule has 0 aromatic heterocycles. The van der Waals surface area contributed by atoms with Crippen molar-refractivity contribution in [2.24, 2.45) is 0 Å². The lowest BCUT2D eigenvalue weighted by Gasteiger charge is -2.31. The van der Waals surface area contributed by atoms with Crippen LogP contribution in [-0.2, 0) is 19.7 Å². The second-order valence-electron chi connectivity index (χ2n) is 4.93. The monoisotopic (exact) mass is 306 g/mol. The molecule has 20 heavy (non-hydrogen) atoms. The largest absolute Gasteiger partial charge is 0.378 e. The Balaban J connectivity index is 1.91. The zero-order valence-electron chi connectivity index (χ0n) is 11.7. The van der Waals surface area contributed by atoms with Crippen LogP contribution in [0.1, 0.15) is 6.92 Å². The molecule has 2 N–H and O–H groups in total. The normalized spacial score (nSPS) is 23.6. The van der Waals surface area contributed by atoms with Gasteiger partial charge in [-0.05, 0) is 6.92 Å². The molecule has 1 atom stereocenters. The highest BCUT2D eigenvalue weighted by atomic mass is 32.2. The number of hydrogen-bond acceptors (Lipinski definition) is 5. The van der Waals surface area contributed by atoms with E-state index in [0.717, 1.165) is 0 Å². The van der Waals surface area contributed by atoms with Crippen LogP contribution >= 0.6 is 0 Å². The third kappa shape index (κ3) is 3.89. The van der Waals surface area contributed by atoms with E-state index in [0.29, 0.717) is 52.5 Å². The van der Waals surface area contributed by atoms with Gasteiger partial charge in [0.25, 0.3) is 10.2 Å². The number of hydrogen-bond donors (Lipinski definition) is 2. The maximum Gasteiger partial charge on any atom is 0.280 e. The molecule has 2 saturated heterocycles. The maximum absolute atomic E-state index is 12.2. The predicted molar refractivity (Wildman–Crippen MR) is 73.4 cm³/mol. The molecular formula is C11H22N4O4S. The molecule has 0 aliphatic carbocycles. The number of carbonyl (C=O) groups is 1. The predicted octanol–water partition coefficient (Wildman–Crippen LogP) is -2.03. The van der Waals surface area contributed by atoms with Crippen LogP contribution in [0, 0.1) is 0 Å². The molecule has 0 spiro atoms. The Morgan fingerprint density at radius 3 is 2.40 bits per heavy atom. The van der Waals surface area contributed by atoms with Crippen LogP contribution in [0.2, 0.25) is 0 Å². The summed E-state index contributed by atoms with van der Waals surface area (Å²) in [6.45, 7) is 5.72. The van der Waals surface area contributed by atoms with Crippen molar-refractivity contribution < 1.29 is 17.9 Å². The summed E-state index contributed by atoms with van der Waals surface area (Å²) in [5, 5.41) is 3.09. The average Bonchev–Trinajstić information content (AvgIpc) is 2.48. The first-order chi connectivity index (χ1) is 9.50. The molecule has 2 fully saturated rings. The lowest BCUT2D eigenvalue weighted by Crippen LogP contribution is -2.56. The van der Waals surface area contributed by atoms with Crippen molar-refractivity contribution in [2.45, 2.75) is 13.0 Å². The number of ether oxygens (including phenoxy) is 1. The molecule has 1 amide bonds. The number of carbonyl (C=O) groups excluding carboxylic acids is 1. The second-order valence-corrected chi connectivity index (χ2v) is 6.63. The van der Waals surface area contributed by atoms with Crippen molar-refractivity contribution in [2.75, 3.05) is 52.5 Å². The Bertz CT molecular complexity index is 430. The van der Waals surface area contributed by atoms with E-state index in [1.54, 1.807) is 11.8 Å².